The summed E-state index contributed by atoms with van der Waals surface area (Å²) in [5.74, 6) is -0.897. The Balaban J connectivity index is 2.18. The van der Waals surface area contributed by atoms with Gasteiger partial charge in [0.05, 0.1) is 20.3 Å². The van der Waals surface area contributed by atoms with E-state index in [4.69, 9.17) is 9.47 Å². The van der Waals surface area contributed by atoms with Crippen LogP contribution in [0.3, 0.4) is 0 Å². The molecule has 0 heterocycles. The molecule has 26 heavy (non-hydrogen) atoms. The second-order valence-electron chi connectivity index (χ2n) is 5.74. The Hall–Kier alpha value is -2.89. The number of hydrogen-bond donors (Lipinski definition) is 0. The minimum atomic E-state index is -0.938. The quantitative estimate of drug-likeness (QED) is 0.724. The van der Waals surface area contributed by atoms with Gasteiger partial charge in [0, 0.05) is 18.7 Å². The van der Waals surface area contributed by atoms with Gasteiger partial charge in [-0.05, 0) is 48.9 Å². The minimum absolute atomic E-state index is 0.285. The van der Waals surface area contributed by atoms with E-state index >= 15 is 0 Å². The second-order valence-corrected chi connectivity index (χ2v) is 5.74. The molecule has 1 unspecified atom stereocenters. The molecule has 2 aromatic carbocycles. The van der Waals surface area contributed by atoms with Gasteiger partial charge in [-0.2, -0.15) is 0 Å². The maximum atomic E-state index is 13.4. The van der Waals surface area contributed by atoms with E-state index < -0.39 is 17.7 Å². The van der Waals surface area contributed by atoms with Gasteiger partial charge in [-0.15, -0.1) is 0 Å². The Morgan fingerprint density at radius 1 is 1.08 bits per heavy atom. The summed E-state index contributed by atoms with van der Waals surface area (Å²) >= 11 is 0. The summed E-state index contributed by atoms with van der Waals surface area (Å²) in [6, 6.07) is 8.44. The lowest BCUT2D eigenvalue weighted by atomic mass is 10.1. The molecular weight excluding hydrogens is 340 g/mol. The molecule has 0 spiro atoms. The molecule has 1 amide bonds. The molecule has 0 aliphatic heterocycles. The van der Waals surface area contributed by atoms with E-state index in [1.807, 2.05) is 0 Å². The Bertz CT molecular complexity index is 821. The van der Waals surface area contributed by atoms with Crippen molar-refractivity contribution in [2.24, 2.45) is 0 Å². The third-order valence-corrected chi connectivity index (χ3v) is 4.20. The molecule has 0 N–H and O–H groups in total. The first-order valence-electron chi connectivity index (χ1n) is 7.99. The SMILES string of the molecule is COc1ccc(OC)c(/C=C/C(=O)N(C)C(C)c2ccc(F)c(F)c2)c1. The molecular formula is C20H21F2NO3. The Labute approximate surface area is 151 Å². The molecule has 1 atom stereocenters. The third kappa shape index (κ3) is 4.39. The largest absolute Gasteiger partial charge is 0.497 e. The van der Waals surface area contributed by atoms with Gasteiger partial charge in [0.15, 0.2) is 11.6 Å². The second kappa shape index (κ2) is 8.47. The fourth-order valence-corrected chi connectivity index (χ4v) is 2.44. The summed E-state index contributed by atoms with van der Waals surface area (Å²) in [5, 5.41) is 0. The van der Waals surface area contributed by atoms with Gasteiger partial charge in [0.1, 0.15) is 11.5 Å². The van der Waals surface area contributed by atoms with E-state index in [9.17, 15) is 13.6 Å². The van der Waals surface area contributed by atoms with Crippen LogP contribution in [0.1, 0.15) is 24.1 Å². The smallest absolute Gasteiger partial charge is 0.246 e. The van der Waals surface area contributed by atoms with Crippen LogP contribution in [0, 0.1) is 11.6 Å². The maximum Gasteiger partial charge on any atom is 0.246 e. The molecule has 0 bridgehead atoms. The first-order chi connectivity index (χ1) is 12.4. The molecule has 0 aliphatic rings. The fraction of sp³-hybridized carbons (Fsp3) is 0.250. The molecule has 0 fully saturated rings. The first-order valence-corrected chi connectivity index (χ1v) is 7.99. The number of amides is 1. The molecule has 0 aromatic heterocycles. The van der Waals surface area contributed by atoms with Crippen LogP contribution in [0.15, 0.2) is 42.5 Å². The van der Waals surface area contributed by atoms with E-state index in [-0.39, 0.29) is 5.91 Å². The molecule has 2 rings (SSSR count). The van der Waals surface area contributed by atoms with E-state index in [1.54, 1.807) is 45.4 Å². The number of carbonyl (C=O) groups excluding carboxylic acids is 1. The van der Waals surface area contributed by atoms with Crippen LogP contribution in [0.2, 0.25) is 0 Å². The van der Waals surface area contributed by atoms with Gasteiger partial charge >= 0.3 is 0 Å². The van der Waals surface area contributed by atoms with Gasteiger partial charge in [-0.25, -0.2) is 8.78 Å². The maximum absolute atomic E-state index is 13.4. The van der Waals surface area contributed by atoms with Crippen molar-refractivity contribution in [2.75, 3.05) is 21.3 Å². The summed E-state index contributed by atoms with van der Waals surface area (Å²) in [4.78, 5) is 13.9. The van der Waals surface area contributed by atoms with Gasteiger partial charge < -0.3 is 14.4 Å². The van der Waals surface area contributed by atoms with Gasteiger partial charge in [0.2, 0.25) is 5.91 Å². The molecule has 0 saturated carbocycles. The van der Waals surface area contributed by atoms with Crippen LogP contribution >= 0.6 is 0 Å². The number of hydrogen-bond acceptors (Lipinski definition) is 3. The highest BCUT2D eigenvalue weighted by molar-refractivity contribution is 5.92. The van der Waals surface area contributed by atoms with E-state index in [0.717, 1.165) is 12.1 Å². The number of halogens is 2. The zero-order valence-corrected chi connectivity index (χ0v) is 15.1. The van der Waals surface area contributed by atoms with Crippen molar-refractivity contribution in [3.8, 4) is 11.5 Å². The summed E-state index contributed by atoms with van der Waals surface area (Å²) in [5.41, 5.74) is 1.20. The number of rotatable bonds is 6. The van der Waals surface area contributed by atoms with E-state index in [2.05, 4.69) is 0 Å². The molecule has 0 radical (unpaired) electrons. The van der Waals surface area contributed by atoms with Crippen LogP contribution in [-0.2, 0) is 4.79 Å². The summed E-state index contributed by atoms with van der Waals surface area (Å²) < 4.78 is 36.9. The van der Waals surface area contributed by atoms with Gasteiger partial charge in [-0.1, -0.05) is 6.07 Å². The number of benzene rings is 2. The minimum Gasteiger partial charge on any atom is -0.497 e. The topological polar surface area (TPSA) is 38.8 Å². The van der Waals surface area contributed by atoms with Crippen molar-refractivity contribution in [2.45, 2.75) is 13.0 Å². The number of likely N-dealkylation sites (N-methyl/N-ethyl adjacent to an activating group) is 1. The van der Waals surface area contributed by atoms with Crippen LogP contribution in [-0.4, -0.2) is 32.1 Å². The van der Waals surface area contributed by atoms with Crippen molar-refractivity contribution in [1.29, 1.82) is 0 Å². The highest BCUT2D eigenvalue weighted by Crippen LogP contribution is 2.26. The van der Waals surface area contributed by atoms with Crippen LogP contribution < -0.4 is 9.47 Å². The van der Waals surface area contributed by atoms with Crippen molar-refractivity contribution in [1.82, 2.24) is 4.90 Å². The molecule has 6 heteroatoms. The lowest BCUT2D eigenvalue weighted by Crippen LogP contribution is -2.28. The van der Waals surface area contributed by atoms with Crippen molar-refractivity contribution in [3.05, 3.63) is 65.2 Å². The van der Waals surface area contributed by atoms with E-state index in [0.29, 0.717) is 22.6 Å². The van der Waals surface area contributed by atoms with Crippen LogP contribution in [0.25, 0.3) is 6.08 Å². The monoisotopic (exact) mass is 361 g/mol. The highest BCUT2D eigenvalue weighted by atomic mass is 19.2. The standard InChI is InChI=1S/C20H21F2NO3/c1-13(14-5-8-17(21)18(22)12-14)23(2)20(24)10-6-15-11-16(25-3)7-9-19(15)26-4/h5-13H,1-4H3/b10-6+. The average molecular weight is 361 g/mol. The van der Waals surface area contributed by atoms with Gasteiger partial charge in [0.25, 0.3) is 0 Å². The number of ether oxygens (including phenoxy) is 2. The van der Waals surface area contributed by atoms with Crippen LogP contribution in [0.5, 0.6) is 11.5 Å². The zero-order chi connectivity index (χ0) is 19.3. The lowest BCUT2D eigenvalue weighted by Gasteiger charge is -2.24. The highest BCUT2D eigenvalue weighted by Gasteiger charge is 2.17. The van der Waals surface area contributed by atoms with E-state index in [1.165, 1.54) is 24.2 Å². The van der Waals surface area contributed by atoms with Crippen molar-refractivity contribution < 1.29 is 23.0 Å². The first kappa shape index (κ1) is 19.4. The number of carbonyl (C=O) groups is 1. The normalized spacial score (nSPS) is 12.1. The fourth-order valence-electron chi connectivity index (χ4n) is 2.44. The molecule has 4 nitrogen and oxygen atoms in total. The summed E-state index contributed by atoms with van der Waals surface area (Å²) in [7, 11) is 4.69. The van der Waals surface area contributed by atoms with Crippen molar-refractivity contribution >= 4 is 12.0 Å². The molecule has 0 saturated heterocycles. The Kier molecular flexibility index (Phi) is 6.33. The lowest BCUT2D eigenvalue weighted by molar-refractivity contribution is -0.126. The Morgan fingerprint density at radius 3 is 2.42 bits per heavy atom. The van der Waals surface area contributed by atoms with Crippen molar-refractivity contribution in [3.63, 3.8) is 0 Å². The third-order valence-electron chi connectivity index (χ3n) is 4.20. The summed E-state index contributed by atoms with van der Waals surface area (Å²) in [6.07, 6.45) is 3.02. The number of methoxy groups -OCH3 is 2. The molecule has 0 aliphatic carbocycles. The zero-order valence-electron chi connectivity index (χ0n) is 15.1. The van der Waals surface area contributed by atoms with Crippen LogP contribution in [0.4, 0.5) is 8.78 Å². The summed E-state index contributed by atoms with van der Waals surface area (Å²) in [6.45, 7) is 1.74. The predicted octanol–water partition coefficient (Wildman–Crippen LogP) is 4.21. The average Bonchev–Trinajstić information content (AvgIpc) is 2.66. The molecule has 138 valence electrons. The Morgan fingerprint density at radius 2 is 1.81 bits per heavy atom. The molecule has 2 aromatic rings. The number of nitrogens with zero attached hydrogens (tertiary/aromatic N) is 1. The van der Waals surface area contributed by atoms with Gasteiger partial charge in [-0.3, -0.25) is 4.79 Å². The predicted molar refractivity (Wildman–Crippen MR) is 96.1 cm³/mol.